The van der Waals surface area contributed by atoms with E-state index in [1.54, 1.807) is 6.07 Å². The minimum Gasteiger partial charge on any atom is -0.507 e. The van der Waals surface area contributed by atoms with Gasteiger partial charge in [0, 0.05) is 5.56 Å². The van der Waals surface area contributed by atoms with Crippen LogP contribution in [0.4, 0.5) is 0 Å². The van der Waals surface area contributed by atoms with Crippen molar-refractivity contribution in [3.05, 3.63) is 54.1 Å². The second-order valence-corrected chi connectivity index (χ2v) is 8.97. The highest BCUT2D eigenvalue weighted by molar-refractivity contribution is 5.70. The first kappa shape index (κ1) is 24.5. The molecule has 0 unspecified atom stereocenters. The van der Waals surface area contributed by atoms with Crippen LogP contribution in [0.15, 0.2) is 48.5 Å². The van der Waals surface area contributed by atoms with Crippen LogP contribution in [0.3, 0.4) is 0 Å². The van der Waals surface area contributed by atoms with Gasteiger partial charge in [-0.05, 0) is 55.7 Å². The fourth-order valence-corrected chi connectivity index (χ4v) is 4.54. The molecule has 30 heavy (non-hydrogen) atoms. The summed E-state index contributed by atoms with van der Waals surface area (Å²) >= 11 is 0. The fraction of sp³-hybridized carbons (Fsp3) is 0.571. The van der Waals surface area contributed by atoms with Crippen LogP contribution >= 0.6 is 0 Å². The molecule has 0 radical (unpaired) electrons. The molecule has 166 valence electrons. The Kier molecular flexibility index (Phi) is 11.0. The molecule has 0 fully saturated rings. The Morgan fingerprint density at radius 3 is 1.87 bits per heavy atom. The molecule has 0 saturated heterocycles. The van der Waals surface area contributed by atoms with Gasteiger partial charge < -0.3 is 9.59 Å². The minimum absolute atomic E-state index is 0.361. The van der Waals surface area contributed by atoms with Crippen molar-refractivity contribution in [2.45, 2.75) is 78.6 Å². The minimum atomic E-state index is 0.361. The van der Waals surface area contributed by atoms with E-state index >= 15 is 0 Å². The Labute approximate surface area is 185 Å². The topological polar surface area (TPSA) is 20.2 Å². The van der Waals surface area contributed by atoms with Crippen LogP contribution < -0.4 is 0 Å². The zero-order valence-electron chi connectivity index (χ0n) is 19.7. The van der Waals surface area contributed by atoms with E-state index in [-0.39, 0.29) is 0 Å². The van der Waals surface area contributed by atoms with Crippen LogP contribution in [-0.2, 0) is 6.42 Å². The zero-order valence-corrected chi connectivity index (χ0v) is 19.7. The highest BCUT2D eigenvalue weighted by Gasteiger charge is 2.25. The lowest BCUT2D eigenvalue weighted by atomic mass is 9.99. The van der Waals surface area contributed by atoms with Crippen molar-refractivity contribution < 1.29 is 9.59 Å². The molecule has 2 aromatic rings. The molecule has 2 aromatic carbocycles. The maximum absolute atomic E-state index is 10.2. The average Bonchev–Trinajstić information content (AvgIpc) is 2.78. The fourth-order valence-electron chi connectivity index (χ4n) is 4.54. The summed E-state index contributed by atoms with van der Waals surface area (Å²) in [6, 6.07) is 16.3. The van der Waals surface area contributed by atoms with Crippen LogP contribution in [0.25, 0.3) is 11.1 Å². The lowest BCUT2D eigenvalue weighted by molar-refractivity contribution is -0.929. The van der Waals surface area contributed by atoms with Crippen molar-refractivity contribution in [1.29, 1.82) is 0 Å². The van der Waals surface area contributed by atoms with Crippen molar-refractivity contribution in [3.8, 4) is 16.9 Å². The monoisotopic (exact) mass is 410 g/mol. The molecule has 0 spiro atoms. The summed E-state index contributed by atoms with van der Waals surface area (Å²) in [6.45, 7) is 12.4. The molecule has 0 saturated carbocycles. The summed E-state index contributed by atoms with van der Waals surface area (Å²) in [5.74, 6) is 0.361. The van der Waals surface area contributed by atoms with E-state index in [1.807, 2.05) is 18.2 Å². The summed E-state index contributed by atoms with van der Waals surface area (Å²) in [7, 11) is 0. The molecule has 1 N–H and O–H groups in total. The number of hydrogen-bond donors (Lipinski definition) is 1. The van der Waals surface area contributed by atoms with Gasteiger partial charge in [0.25, 0.3) is 0 Å². The number of phenolic OH excluding ortho intramolecular Hbond substituents is 1. The molecule has 0 bridgehead atoms. The Balaban J connectivity index is 1.96. The van der Waals surface area contributed by atoms with Gasteiger partial charge in [-0.1, -0.05) is 82.5 Å². The lowest BCUT2D eigenvalue weighted by Crippen LogP contribution is -2.50. The smallest absolute Gasteiger partial charge is 0.123 e. The number of para-hydroxylation sites is 1. The highest BCUT2D eigenvalue weighted by atomic mass is 16.3. The lowest BCUT2D eigenvalue weighted by Gasteiger charge is -2.39. The largest absolute Gasteiger partial charge is 0.507 e. The number of unbranched alkanes of at least 4 members (excludes halogenated alkanes) is 4. The van der Waals surface area contributed by atoms with E-state index in [4.69, 9.17) is 0 Å². The van der Waals surface area contributed by atoms with Gasteiger partial charge in [0.2, 0.25) is 0 Å². The van der Waals surface area contributed by atoms with Crippen LogP contribution in [0.5, 0.6) is 5.75 Å². The van der Waals surface area contributed by atoms with Crippen molar-refractivity contribution >= 4 is 0 Å². The maximum atomic E-state index is 10.2. The second kappa shape index (κ2) is 13.5. The van der Waals surface area contributed by atoms with E-state index < -0.39 is 0 Å². The van der Waals surface area contributed by atoms with E-state index in [9.17, 15) is 5.11 Å². The Bertz CT molecular complexity index is 702. The molecule has 0 aliphatic heterocycles. The van der Waals surface area contributed by atoms with Gasteiger partial charge in [-0.25, -0.2) is 0 Å². The molecule has 2 nitrogen and oxygen atoms in total. The summed E-state index contributed by atoms with van der Waals surface area (Å²) in [6.07, 6.45) is 11.7. The number of benzene rings is 2. The van der Waals surface area contributed by atoms with E-state index in [1.165, 1.54) is 87.6 Å². The molecule has 0 amide bonds. The molecular weight excluding hydrogens is 366 g/mol. The predicted molar refractivity (Wildman–Crippen MR) is 131 cm³/mol. The number of phenols is 1. The third kappa shape index (κ3) is 7.80. The van der Waals surface area contributed by atoms with Crippen molar-refractivity contribution in [1.82, 2.24) is 0 Å². The summed E-state index contributed by atoms with van der Waals surface area (Å²) < 4.78 is 1.34. The van der Waals surface area contributed by atoms with Gasteiger partial charge >= 0.3 is 0 Å². The SMILES string of the molecule is CCCC[N+](CCCC)(CCCC)CCCCc1cccc(-c2ccccc2O)c1. The van der Waals surface area contributed by atoms with Crippen molar-refractivity contribution in [3.63, 3.8) is 0 Å². The Morgan fingerprint density at radius 1 is 0.667 bits per heavy atom. The van der Waals surface area contributed by atoms with E-state index in [0.29, 0.717) is 5.75 Å². The third-order valence-electron chi connectivity index (χ3n) is 6.45. The first-order valence-corrected chi connectivity index (χ1v) is 12.4. The number of quaternary nitrogens is 1. The zero-order chi connectivity index (χ0) is 21.7. The number of nitrogens with zero attached hydrogens (tertiary/aromatic N) is 1. The Hall–Kier alpha value is -1.80. The van der Waals surface area contributed by atoms with Crippen molar-refractivity contribution in [2.75, 3.05) is 26.2 Å². The number of aryl methyl sites for hydroxylation is 1. The van der Waals surface area contributed by atoms with E-state index in [0.717, 1.165) is 17.5 Å². The first-order valence-electron chi connectivity index (χ1n) is 12.4. The van der Waals surface area contributed by atoms with Gasteiger partial charge in [0.05, 0.1) is 26.2 Å². The summed E-state index contributed by atoms with van der Waals surface area (Å²) in [5, 5.41) is 10.2. The van der Waals surface area contributed by atoms with Gasteiger partial charge in [-0.3, -0.25) is 0 Å². The molecule has 0 aromatic heterocycles. The van der Waals surface area contributed by atoms with Gasteiger partial charge in [0.1, 0.15) is 5.75 Å². The molecule has 0 atom stereocenters. The van der Waals surface area contributed by atoms with Crippen LogP contribution in [0, 0.1) is 0 Å². The van der Waals surface area contributed by atoms with Crippen LogP contribution in [0.1, 0.15) is 77.7 Å². The molecule has 2 rings (SSSR count). The molecule has 2 heteroatoms. The molecular formula is C28H44NO+. The van der Waals surface area contributed by atoms with Gasteiger partial charge in [-0.15, -0.1) is 0 Å². The van der Waals surface area contributed by atoms with Crippen LogP contribution in [-0.4, -0.2) is 35.8 Å². The second-order valence-electron chi connectivity index (χ2n) is 8.97. The van der Waals surface area contributed by atoms with Crippen molar-refractivity contribution in [2.24, 2.45) is 0 Å². The molecule has 0 aliphatic rings. The normalized spacial score (nSPS) is 11.7. The van der Waals surface area contributed by atoms with Crippen LogP contribution in [0.2, 0.25) is 0 Å². The predicted octanol–water partition coefficient (Wildman–Crippen LogP) is 7.60. The summed E-state index contributed by atoms with van der Waals surface area (Å²) in [5.41, 5.74) is 3.42. The molecule has 0 aliphatic carbocycles. The number of aromatic hydroxyl groups is 1. The number of hydrogen-bond acceptors (Lipinski definition) is 1. The molecule has 0 heterocycles. The third-order valence-corrected chi connectivity index (χ3v) is 6.45. The standard InChI is InChI=1S/C28H43NO/c1-4-7-20-29(21-8-5-2,22-9-6-3)23-13-12-15-25-16-14-17-26(24-25)27-18-10-11-19-28(27)30/h10-11,14,16-19,24H,4-9,12-13,15,20-23H2,1-3H3/p+1. The first-order chi connectivity index (χ1) is 14.6. The maximum Gasteiger partial charge on any atom is 0.123 e. The highest BCUT2D eigenvalue weighted by Crippen LogP contribution is 2.29. The van der Waals surface area contributed by atoms with E-state index in [2.05, 4.69) is 45.0 Å². The summed E-state index contributed by atoms with van der Waals surface area (Å²) in [4.78, 5) is 0. The van der Waals surface area contributed by atoms with Gasteiger partial charge in [0.15, 0.2) is 0 Å². The van der Waals surface area contributed by atoms with Gasteiger partial charge in [-0.2, -0.15) is 0 Å². The number of rotatable bonds is 15. The Morgan fingerprint density at radius 2 is 1.27 bits per heavy atom. The average molecular weight is 411 g/mol. The quantitative estimate of drug-likeness (QED) is 0.237.